The van der Waals surface area contributed by atoms with Crippen LogP contribution in [-0.2, 0) is 19.4 Å². The second-order valence-electron chi connectivity index (χ2n) is 6.66. The summed E-state index contributed by atoms with van der Waals surface area (Å²) in [6, 6.07) is 0.620. The van der Waals surface area contributed by atoms with Gasteiger partial charge >= 0.3 is 0 Å². The summed E-state index contributed by atoms with van der Waals surface area (Å²) in [5.74, 6) is 2.09. The number of likely N-dealkylation sites (N-methyl/N-ethyl adjacent to an activating group) is 1. The average Bonchev–Trinajstić information content (AvgIpc) is 2.81. The van der Waals surface area contributed by atoms with Crippen LogP contribution in [0.5, 0.6) is 0 Å². The molecule has 1 aromatic heterocycles. The van der Waals surface area contributed by atoms with Crippen molar-refractivity contribution in [2.45, 2.75) is 77.3 Å². The fraction of sp³-hybridized carbons (Fsp3) is 0.824. The molecule has 3 rings (SSSR count). The zero-order valence-electron chi connectivity index (χ0n) is 13.1. The Morgan fingerprint density at radius 3 is 2.65 bits per heavy atom. The summed E-state index contributed by atoms with van der Waals surface area (Å²) in [5, 5.41) is 3.60. The molecule has 0 amide bonds. The van der Waals surface area contributed by atoms with Crippen LogP contribution in [0.15, 0.2) is 0 Å². The smallest absolute Gasteiger partial charge is 0.106 e. The number of imidazole rings is 1. The van der Waals surface area contributed by atoms with Crippen molar-refractivity contribution in [3.63, 3.8) is 0 Å². The van der Waals surface area contributed by atoms with Gasteiger partial charge in [0, 0.05) is 18.3 Å². The Balaban J connectivity index is 1.76. The summed E-state index contributed by atoms with van der Waals surface area (Å²) < 4.78 is 2.52. The predicted molar refractivity (Wildman–Crippen MR) is 83.0 cm³/mol. The van der Waals surface area contributed by atoms with Crippen molar-refractivity contribution < 1.29 is 0 Å². The highest BCUT2D eigenvalue weighted by atomic mass is 15.1. The second-order valence-corrected chi connectivity index (χ2v) is 6.66. The molecule has 0 bridgehead atoms. The van der Waals surface area contributed by atoms with E-state index in [0.717, 1.165) is 12.5 Å². The molecule has 1 heterocycles. The van der Waals surface area contributed by atoms with Crippen molar-refractivity contribution in [3.8, 4) is 0 Å². The van der Waals surface area contributed by atoms with Crippen molar-refractivity contribution in [1.82, 2.24) is 14.9 Å². The van der Waals surface area contributed by atoms with Gasteiger partial charge < -0.3 is 9.88 Å². The minimum absolute atomic E-state index is 0.620. The first-order valence-electron chi connectivity index (χ1n) is 8.51. The number of rotatable bonds is 4. The third-order valence-corrected chi connectivity index (χ3v) is 5.39. The molecule has 2 aliphatic carbocycles. The van der Waals surface area contributed by atoms with E-state index in [4.69, 9.17) is 4.98 Å². The summed E-state index contributed by atoms with van der Waals surface area (Å²) in [6.07, 6.45) is 12.2. The van der Waals surface area contributed by atoms with E-state index in [1.165, 1.54) is 75.0 Å². The van der Waals surface area contributed by atoms with Crippen LogP contribution in [0, 0.1) is 12.8 Å². The van der Waals surface area contributed by atoms with Gasteiger partial charge in [-0.15, -0.1) is 0 Å². The fourth-order valence-corrected chi connectivity index (χ4v) is 4.19. The summed E-state index contributed by atoms with van der Waals surface area (Å²) in [7, 11) is 2.14. The molecule has 1 aromatic rings. The topological polar surface area (TPSA) is 29.9 Å². The fourth-order valence-electron chi connectivity index (χ4n) is 4.19. The maximum atomic E-state index is 4.82. The highest BCUT2D eigenvalue weighted by molar-refractivity contribution is 5.20. The number of aryl methyl sites for hydroxylation is 2. The van der Waals surface area contributed by atoms with Crippen molar-refractivity contribution in [3.05, 3.63) is 17.2 Å². The van der Waals surface area contributed by atoms with Gasteiger partial charge in [-0.3, -0.25) is 0 Å². The largest absolute Gasteiger partial charge is 0.330 e. The van der Waals surface area contributed by atoms with Gasteiger partial charge in [-0.25, -0.2) is 4.98 Å². The maximum Gasteiger partial charge on any atom is 0.106 e. The molecule has 3 heteroatoms. The minimum Gasteiger partial charge on any atom is -0.330 e. The van der Waals surface area contributed by atoms with Crippen molar-refractivity contribution in [1.29, 1.82) is 0 Å². The lowest BCUT2D eigenvalue weighted by Crippen LogP contribution is -2.39. The zero-order chi connectivity index (χ0) is 13.9. The Bertz CT molecular complexity index is 443. The highest BCUT2D eigenvalue weighted by Gasteiger charge is 2.25. The average molecular weight is 275 g/mol. The monoisotopic (exact) mass is 275 g/mol. The van der Waals surface area contributed by atoms with Crippen molar-refractivity contribution in [2.75, 3.05) is 7.05 Å². The Morgan fingerprint density at radius 1 is 1.15 bits per heavy atom. The first kappa shape index (κ1) is 14.1. The van der Waals surface area contributed by atoms with Gasteiger partial charge in [0.05, 0.1) is 5.69 Å². The third kappa shape index (κ3) is 2.78. The van der Waals surface area contributed by atoms with E-state index in [0.29, 0.717) is 6.04 Å². The van der Waals surface area contributed by atoms with E-state index in [9.17, 15) is 0 Å². The van der Waals surface area contributed by atoms with Crippen LogP contribution in [0.1, 0.15) is 62.2 Å². The molecule has 0 spiro atoms. The normalized spacial score (nSPS) is 21.7. The predicted octanol–water partition coefficient (Wildman–Crippen LogP) is 3.24. The van der Waals surface area contributed by atoms with Crippen LogP contribution < -0.4 is 5.32 Å². The minimum atomic E-state index is 0.620. The molecule has 1 unspecified atom stereocenters. The quantitative estimate of drug-likeness (QED) is 0.914. The molecular weight excluding hydrogens is 246 g/mol. The van der Waals surface area contributed by atoms with Crippen molar-refractivity contribution >= 4 is 0 Å². The lowest BCUT2D eigenvalue weighted by molar-refractivity contribution is 0.255. The van der Waals surface area contributed by atoms with E-state index in [1.807, 2.05) is 0 Å². The van der Waals surface area contributed by atoms with Gasteiger partial charge in [-0.05, 0) is 58.4 Å². The van der Waals surface area contributed by atoms with Gasteiger partial charge in [0.15, 0.2) is 0 Å². The summed E-state index contributed by atoms with van der Waals surface area (Å²) >= 11 is 0. The SMILES string of the molecule is CNC(Cn1c(C)nc2c1CCCC2)C1CCCCC1. The van der Waals surface area contributed by atoms with Crippen LogP contribution in [0.25, 0.3) is 0 Å². The van der Waals surface area contributed by atoms with Crippen LogP contribution in [-0.4, -0.2) is 22.6 Å². The zero-order valence-corrected chi connectivity index (χ0v) is 13.1. The van der Waals surface area contributed by atoms with Crippen LogP contribution >= 0.6 is 0 Å². The number of hydrogen-bond donors (Lipinski definition) is 1. The Morgan fingerprint density at radius 2 is 1.90 bits per heavy atom. The van der Waals surface area contributed by atoms with Crippen LogP contribution in [0.3, 0.4) is 0 Å². The second kappa shape index (κ2) is 6.30. The number of nitrogens with one attached hydrogen (secondary N) is 1. The molecule has 0 radical (unpaired) electrons. The van der Waals surface area contributed by atoms with Gasteiger partial charge in [-0.2, -0.15) is 0 Å². The molecule has 1 N–H and O–H groups in total. The van der Waals surface area contributed by atoms with Crippen molar-refractivity contribution in [2.24, 2.45) is 5.92 Å². The molecule has 3 nitrogen and oxygen atoms in total. The van der Waals surface area contributed by atoms with E-state index < -0.39 is 0 Å². The van der Waals surface area contributed by atoms with Gasteiger partial charge in [-0.1, -0.05) is 19.3 Å². The van der Waals surface area contributed by atoms with Gasteiger partial charge in [0.2, 0.25) is 0 Å². The van der Waals surface area contributed by atoms with Crippen LogP contribution in [0.4, 0.5) is 0 Å². The molecule has 1 atom stereocenters. The molecule has 2 aliphatic rings. The first-order chi connectivity index (χ1) is 9.79. The number of aromatic nitrogens is 2. The summed E-state index contributed by atoms with van der Waals surface area (Å²) in [4.78, 5) is 4.82. The summed E-state index contributed by atoms with van der Waals surface area (Å²) in [5.41, 5.74) is 2.91. The molecular formula is C17H29N3. The first-order valence-corrected chi connectivity index (χ1v) is 8.51. The Hall–Kier alpha value is -0.830. The Kier molecular flexibility index (Phi) is 4.45. The molecule has 0 aromatic carbocycles. The molecule has 1 fully saturated rings. The molecule has 20 heavy (non-hydrogen) atoms. The lowest BCUT2D eigenvalue weighted by Gasteiger charge is -2.31. The lowest BCUT2D eigenvalue weighted by atomic mass is 9.84. The van der Waals surface area contributed by atoms with Gasteiger partial charge in [0.1, 0.15) is 5.82 Å². The van der Waals surface area contributed by atoms with E-state index in [1.54, 1.807) is 0 Å². The van der Waals surface area contributed by atoms with Crippen LogP contribution in [0.2, 0.25) is 0 Å². The Labute approximate surface area is 123 Å². The standard InChI is InChI=1S/C17H29N3/c1-13-19-15-10-6-7-11-17(15)20(13)12-16(18-2)14-8-4-3-5-9-14/h14,16,18H,3-12H2,1-2H3. The van der Waals surface area contributed by atoms with Gasteiger partial charge in [0.25, 0.3) is 0 Å². The number of nitrogens with zero attached hydrogens (tertiary/aromatic N) is 2. The summed E-state index contributed by atoms with van der Waals surface area (Å²) in [6.45, 7) is 3.31. The maximum absolute atomic E-state index is 4.82. The van der Waals surface area contributed by atoms with E-state index in [2.05, 4.69) is 23.9 Å². The molecule has 112 valence electrons. The third-order valence-electron chi connectivity index (χ3n) is 5.39. The molecule has 0 saturated heterocycles. The molecule has 0 aliphatic heterocycles. The van der Waals surface area contributed by atoms with E-state index >= 15 is 0 Å². The number of fused-ring (bicyclic) bond motifs is 1. The highest BCUT2D eigenvalue weighted by Crippen LogP contribution is 2.29. The van der Waals surface area contributed by atoms with E-state index in [-0.39, 0.29) is 0 Å². The molecule has 1 saturated carbocycles. The number of hydrogen-bond acceptors (Lipinski definition) is 2.